The van der Waals surface area contributed by atoms with Crippen LogP contribution in [0.2, 0.25) is 0 Å². The summed E-state index contributed by atoms with van der Waals surface area (Å²) < 4.78 is 30.3. The Labute approximate surface area is 194 Å². The minimum Gasteiger partial charge on any atom is -0.481 e. The summed E-state index contributed by atoms with van der Waals surface area (Å²) in [6, 6.07) is 8.96. The Kier molecular flexibility index (Phi) is 14.5. The molecule has 7 nitrogen and oxygen atoms in total. The maximum atomic E-state index is 10.2. The predicted molar refractivity (Wildman–Crippen MR) is 104 cm³/mol. The van der Waals surface area contributed by atoms with E-state index in [2.05, 4.69) is 31.2 Å². The topological polar surface area (TPSA) is 129 Å². The van der Waals surface area contributed by atoms with Gasteiger partial charge in [0.05, 0.1) is 6.42 Å². The van der Waals surface area contributed by atoms with Crippen molar-refractivity contribution in [2.45, 2.75) is 63.5 Å². The first kappa shape index (κ1) is 26.7. The van der Waals surface area contributed by atoms with Gasteiger partial charge in [-0.3, -0.25) is 14.1 Å². The van der Waals surface area contributed by atoms with Crippen LogP contribution in [0.25, 0.3) is 0 Å². The number of carboxylic acid groups (broad SMARTS) is 2. The van der Waals surface area contributed by atoms with Crippen molar-refractivity contribution in [1.82, 2.24) is 0 Å². The van der Waals surface area contributed by atoms with Crippen LogP contribution < -0.4 is -0.342 Å². The molecule has 1 aromatic carbocycles. The molecule has 0 spiro atoms. The molecule has 3 N–H and O–H groups in total. The van der Waals surface area contributed by atoms with E-state index in [9.17, 15) is 18.0 Å². The van der Waals surface area contributed by atoms with E-state index in [1.807, 2.05) is 0 Å². The Morgan fingerprint density at radius 1 is 1.04 bits per heavy atom. The van der Waals surface area contributed by atoms with Gasteiger partial charge in [-0.25, -0.2) is 0 Å². The van der Waals surface area contributed by atoms with Gasteiger partial charge in [0, 0.05) is 0 Å². The van der Waals surface area contributed by atoms with Gasteiger partial charge in [-0.05, 0) is 0 Å². The fourth-order valence-electron chi connectivity index (χ4n) is 2.46. The smallest absolute Gasteiger partial charge is 0.325 e. The van der Waals surface area contributed by atoms with Crippen LogP contribution in [0.15, 0.2) is 24.3 Å². The summed E-state index contributed by atoms with van der Waals surface area (Å²) in [5, 5.41) is 13.9. The molecule has 0 aliphatic carbocycles. The molecular formula is C18H27KO7S. The zero-order chi connectivity index (χ0) is 20.9. The molecule has 9 heteroatoms. The number of hydrogen-bond donors (Lipinski definition) is 3. The maximum Gasteiger partial charge on any atom is 0.325 e. The van der Waals surface area contributed by atoms with Crippen LogP contribution in [-0.4, -0.2) is 89.3 Å². The van der Waals surface area contributed by atoms with E-state index < -0.39 is 33.7 Å². The van der Waals surface area contributed by atoms with E-state index in [0.717, 1.165) is 49.0 Å². The van der Waals surface area contributed by atoms with Crippen molar-refractivity contribution in [2.75, 3.05) is 0 Å². The minimum absolute atomic E-state index is 0.839. The Balaban J connectivity index is 0.000000516. The zero-order valence-electron chi connectivity index (χ0n) is 15.9. The van der Waals surface area contributed by atoms with Crippen molar-refractivity contribution in [3.05, 3.63) is 29.8 Å². The first-order chi connectivity index (χ1) is 12.6. The summed E-state index contributed by atoms with van der Waals surface area (Å²) in [5.41, 5.74) is 1.62. The van der Waals surface area contributed by atoms with E-state index in [1.165, 1.54) is 44.9 Å². The SMILES string of the molecule is CCCCCCCCc1cccc[c]1[K].O=C(O)CC(C(=O)O)S(=O)(=O)O. The zero-order valence-corrected chi connectivity index (χ0v) is 19.9. The molecule has 1 atom stereocenters. The monoisotopic (exact) mass is 426 g/mol. The van der Waals surface area contributed by atoms with Crippen LogP contribution in [0.5, 0.6) is 0 Å². The van der Waals surface area contributed by atoms with E-state index in [0.29, 0.717) is 0 Å². The number of aliphatic carboxylic acids is 2. The van der Waals surface area contributed by atoms with Gasteiger partial charge in [-0.2, -0.15) is 8.42 Å². The molecule has 148 valence electrons. The number of benzene rings is 1. The van der Waals surface area contributed by atoms with Crippen molar-refractivity contribution >= 4 is 70.7 Å². The van der Waals surface area contributed by atoms with Crippen LogP contribution in [0.3, 0.4) is 0 Å². The molecule has 0 aromatic heterocycles. The van der Waals surface area contributed by atoms with Crippen molar-refractivity contribution in [3.8, 4) is 0 Å². The second-order valence-corrected chi connectivity index (χ2v) is 9.67. The van der Waals surface area contributed by atoms with E-state index in [1.54, 1.807) is 5.22 Å². The average Bonchev–Trinajstić information content (AvgIpc) is 2.56. The Morgan fingerprint density at radius 3 is 2.04 bits per heavy atom. The summed E-state index contributed by atoms with van der Waals surface area (Å²) in [6.07, 6.45) is 8.59. The van der Waals surface area contributed by atoms with Crippen molar-refractivity contribution in [1.29, 1.82) is 0 Å². The molecule has 0 radical (unpaired) electrons. The predicted octanol–water partition coefficient (Wildman–Crippen LogP) is 2.19. The molecule has 0 bridgehead atoms. The van der Waals surface area contributed by atoms with E-state index in [4.69, 9.17) is 14.8 Å². The van der Waals surface area contributed by atoms with Gasteiger partial charge in [0.1, 0.15) is 0 Å². The third-order valence-corrected chi connectivity index (χ3v) is 6.67. The molecule has 0 saturated heterocycles. The van der Waals surface area contributed by atoms with E-state index >= 15 is 0 Å². The molecule has 0 aliphatic heterocycles. The fourth-order valence-corrected chi connectivity index (χ4v) is 4.02. The standard InChI is InChI=1S/C14H21.C4H6O7S.K/c1-2-3-4-5-6-8-11-14-12-9-7-10-13-14;5-3(6)1-2(4(7)8)12(9,10)11;/h7,9-10,12H,2-6,8,11H2,1H3;2H,1H2,(H,5,6)(H,7,8)(H,9,10,11);. The second kappa shape index (κ2) is 14.7. The molecule has 0 heterocycles. The summed E-state index contributed by atoms with van der Waals surface area (Å²) in [6.45, 7) is 2.28. The molecule has 1 rings (SSSR count). The van der Waals surface area contributed by atoms with Crippen LogP contribution in [0, 0.1) is 0 Å². The average molecular weight is 427 g/mol. The van der Waals surface area contributed by atoms with Crippen LogP contribution in [0.1, 0.15) is 57.4 Å². The number of unbranched alkanes of at least 4 members (excludes halogenated alkanes) is 5. The maximum absolute atomic E-state index is 10.2. The van der Waals surface area contributed by atoms with Gasteiger partial charge in [-0.15, -0.1) is 0 Å². The summed E-state index contributed by atoms with van der Waals surface area (Å²) in [7, 11) is -4.84. The minimum atomic E-state index is -4.84. The van der Waals surface area contributed by atoms with Crippen molar-refractivity contribution < 1.29 is 32.8 Å². The van der Waals surface area contributed by atoms with Crippen LogP contribution >= 0.6 is 0 Å². The Bertz CT molecular complexity index is 689. The number of aryl methyl sites for hydroxylation is 1. The molecule has 0 amide bonds. The van der Waals surface area contributed by atoms with Gasteiger partial charge in [0.25, 0.3) is 10.1 Å². The van der Waals surface area contributed by atoms with Gasteiger partial charge in [0.2, 0.25) is 0 Å². The number of carbonyl (C=O) groups is 2. The number of hydrogen-bond acceptors (Lipinski definition) is 4. The Hall–Kier alpha value is -0.294. The largest absolute Gasteiger partial charge is 0.481 e. The van der Waals surface area contributed by atoms with Crippen molar-refractivity contribution in [3.63, 3.8) is 0 Å². The molecular weight excluding hydrogens is 399 g/mol. The molecule has 0 aliphatic rings. The van der Waals surface area contributed by atoms with Crippen molar-refractivity contribution in [2.24, 2.45) is 0 Å². The molecule has 0 fully saturated rings. The van der Waals surface area contributed by atoms with E-state index in [-0.39, 0.29) is 0 Å². The third kappa shape index (κ3) is 13.5. The van der Waals surface area contributed by atoms with Crippen LogP contribution in [0.4, 0.5) is 0 Å². The molecule has 0 saturated carbocycles. The molecule has 1 aromatic rings. The van der Waals surface area contributed by atoms with Gasteiger partial charge in [0.15, 0.2) is 5.25 Å². The number of carboxylic acids is 2. The quantitative estimate of drug-likeness (QED) is 0.281. The molecule has 27 heavy (non-hydrogen) atoms. The Morgan fingerprint density at radius 2 is 1.59 bits per heavy atom. The third-order valence-electron chi connectivity index (χ3n) is 4.06. The first-order valence-corrected chi connectivity index (χ1v) is 12.1. The van der Waals surface area contributed by atoms with Crippen LogP contribution in [-0.2, 0) is 26.1 Å². The molecule has 1 unspecified atom stereocenters. The second-order valence-electron chi connectivity index (χ2n) is 6.38. The van der Waals surface area contributed by atoms with Gasteiger partial charge < -0.3 is 10.2 Å². The fraction of sp³-hybridized carbons (Fsp3) is 0.556. The van der Waals surface area contributed by atoms with Gasteiger partial charge >= 0.3 is 142 Å². The normalized spacial score (nSPS) is 12.0. The first-order valence-electron chi connectivity index (χ1n) is 9.05. The number of rotatable bonds is 11. The summed E-state index contributed by atoms with van der Waals surface area (Å²) in [5.74, 6) is -3.50. The summed E-state index contributed by atoms with van der Waals surface area (Å²) >= 11 is 0.839. The van der Waals surface area contributed by atoms with Gasteiger partial charge in [-0.1, -0.05) is 0 Å². The summed E-state index contributed by atoms with van der Waals surface area (Å²) in [4.78, 5) is 20.0.